The smallest absolute Gasteiger partial charge is 0.124 e. The van der Waals surface area contributed by atoms with Gasteiger partial charge >= 0.3 is 0 Å². The molecule has 0 radical (unpaired) electrons. The van der Waals surface area contributed by atoms with E-state index in [0.717, 1.165) is 24.3 Å². The Kier molecular flexibility index (Phi) is 2.63. The number of nitrogens with one attached hydrogen (secondary N) is 2. The minimum atomic E-state index is 0.396. The first-order chi connectivity index (χ1) is 8.28. The monoisotopic (exact) mass is 229 g/mol. The van der Waals surface area contributed by atoms with Crippen molar-refractivity contribution in [1.29, 1.82) is 0 Å². The summed E-state index contributed by atoms with van der Waals surface area (Å²) in [6.07, 6.45) is 2.31. The first-order valence-corrected chi connectivity index (χ1v) is 6.50. The molecule has 3 heteroatoms. The van der Waals surface area contributed by atoms with Gasteiger partial charge in [0.25, 0.3) is 0 Å². The van der Waals surface area contributed by atoms with Crippen LogP contribution in [0.1, 0.15) is 37.7 Å². The second-order valence-electron chi connectivity index (χ2n) is 5.02. The van der Waals surface area contributed by atoms with Gasteiger partial charge in [0, 0.05) is 0 Å². The molecule has 0 spiro atoms. The van der Waals surface area contributed by atoms with Crippen LogP contribution in [0, 0.1) is 5.92 Å². The number of aromatic amines is 1. The van der Waals surface area contributed by atoms with Gasteiger partial charge in [-0.05, 0) is 43.0 Å². The third-order valence-corrected chi connectivity index (χ3v) is 3.80. The van der Waals surface area contributed by atoms with Crippen molar-refractivity contribution < 1.29 is 0 Å². The molecule has 1 aromatic carbocycles. The highest BCUT2D eigenvalue weighted by atomic mass is 15.0. The van der Waals surface area contributed by atoms with E-state index >= 15 is 0 Å². The van der Waals surface area contributed by atoms with Crippen LogP contribution in [0.25, 0.3) is 11.0 Å². The Morgan fingerprint density at radius 2 is 2.29 bits per heavy atom. The summed E-state index contributed by atoms with van der Waals surface area (Å²) in [5.74, 6) is 1.76. The van der Waals surface area contributed by atoms with Crippen molar-refractivity contribution in [3.63, 3.8) is 0 Å². The molecule has 0 bridgehead atoms. The first-order valence-electron chi connectivity index (χ1n) is 6.50. The molecule has 1 fully saturated rings. The van der Waals surface area contributed by atoms with Crippen molar-refractivity contribution in [2.75, 3.05) is 6.54 Å². The predicted octanol–water partition coefficient (Wildman–Crippen LogP) is 2.80. The van der Waals surface area contributed by atoms with Gasteiger partial charge in [-0.1, -0.05) is 19.9 Å². The molecule has 0 aliphatic carbocycles. The number of hydrogen-bond acceptors (Lipinski definition) is 2. The van der Waals surface area contributed by atoms with Crippen LogP contribution in [-0.4, -0.2) is 16.5 Å². The van der Waals surface area contributed by atoms with Crippen molar-refractivity contribution in [1.82, 2.24) is 15.3 Å². The van der Waals surface area contributed by atoms with Gasteiger partial charge < -0.3 is 10.3 Å². The molecule has 2 heterocycles. The fraction of sp³-hybridized carbons (Fsp3) is 0.500. The molecule has 17 heavy (non-hydrogen) atoms. The molecule has 3 rings (SSSR count). The quantitative estimate of drug-likeness (QED) is 0.831. The summed E-state index contributed by atoms with van der Waals surface area (Å²) in [4.78, 5) is 8.17. The van der Waals surface area contributed by atoms with E-state index in [1.54, 1.807) is 0 Å². The van der Waals surface area contributed by atoms with Crippen LogP contribution >= 0.6 is 0 Å². The van der Waals surface area contributed by atoms with E-state index in [0.29, 0.717) is 12.0 Å². The average molecular weight is 229 g/mol. The SMILES string of the molecule is CCc1ccc2nc(C3NCCC3C)[nH]c2c1. The van der Waals surface area contributed by atoms with Crippen molar-refractivity contribution in [2.24, 2.45) is 5.92 Å². The van der Waals surface area contributed by atoms with E-state index < -0.39 is 0 Å². The Morgan fingerprint density at radius 1 is 1.41 bits per heavy atom. The maximum absolute atomic E-state index is 4.70. The van der Waals surface area contributed by atoms with Gasteiger partial charge in [-0.25, -0.2) is 4.98 Å². The molecule has 2 atom stereocenters. The Morgan fingerprint density at radius 3 is 3.00 bits per heavy atom. The Bertz CT molecular complexity index is 529. The number of fused-ring (bicyclic) bond motifs is 1. The average Bonchev–Trinajstić information content (AvgIpc) is 2.93. The van der Waals surface area contributed by atoms with Crippen LogP contribution in [0.3, 0.4) is 0 Å². The van der Waals surface area contributed by atoms with Crippen molar-refractivity contribution in [3.05, 3.63) is 29.6 Å². The molecular weight excluding hydrogens is 210 g/mol. The summed E-state index contributed by atoms with van der Waals surface area (Å²) in [5, 5.41) is 3.52. The number of H-pyrrole nitrogens is 1. The van der Waals surface area contributed by atoms with Crippen LogP contribution < -0.4 is 5.32 Å². The van der Waals surface area contributed by atoms with Gasteiger partial charge in [-0.2, -0.15) is 0 Å². The number of hydrogen-bond donors (Lipinski definition) is 2. The molecule has 2 unspecified atom stereocenters. The molecule has 1 aromatic heterocycles. The summed E-state index contributed by atoms with van der Waals surface area (Å²) < 4.78 is 0. The molecule has 1 aliphatic rings. The highest BCUT2D eigenvalue weighted by Crippen LogP contribution is 2.28. The highest BCUT2D eigenvalue weighted by Gasteiger charge is 2.26. The lowest BCUT2D eigenvalue weighted by Crippen LogP contribution is -2.17. The number of benzene rings is 1. The number of imidazole rings is 1. The predicted molar refractivity (Wildman–Crippen MR) is 70.0 cm³/mol. The largest absolute Gasteiger partial charge is 0.341 e. The number of rotatable bonds is 2. The topological polar surface area (TPSA) is 40.7 Å². The molecule has 1 aliphatic heterocycles. The zero-order valence-corrected chi connectivity index (χ0v) is 10.5. The van der Waals surface area contributed by atoms with Gasteiger partial charge in [0.2, 0.25) is 0 Å². The third-order valence-electron chi connectivity index (χ3n) is 3.80. The van der Waals surface area contributed by atoms with Gasteiger partial charge in [0.1, 0.15) is 5.82 Å². The Balaban J connectivity index is 2.01. The normalized spacial score (nSPS) is 24.6. The molecular formula is C14H19N3. The minimum absolute atomic E-state index is 0.396. The maximum Gasteiger partial charge on any atom is 0.124 e. The van der Waals surface area contributed by atoms with E-state index in [9.17, 15) is 0 Å². The molecule has 0 saturated carbocycles. The first kappa shape index (κ1) is 10.8. The van der Waals surface area contributed by atoms with Gasteiger partial charge in [0.15, 0.2) is 0 Å². The molecule has 1 saturated heterocycles. The minimum Gasteiger partial charge on any atom is -0.341 e. The lowest BCUT2D eigenvalue weighted by Gasteiger charge is -2.11. The standard InChI is InChI=1S/C14H19N3/c1-3-10-4-5-11-12(8-10)17-14(16-11)13-9(2)6-7-15-13/h4-5,8-9,13,15H,3,6-7H2,1-2H3,(H,16,17). The Hall–Kier alpha value is -1.35. The summed E-state index contributed by atoms with van der Waals surface area (Å²) in [7, 11) is 0. The highest BCUT2D eigenvalue weighted by molar-refractivity contribution is 5.76. The molecule has 2 N–H and O–H groups in total. The van der Waals surface area contributed by atoms with Crippen LogP contribution in [0.15, 0.2) is 18.2 Å². The maximum atomic E-state index is 4.70. The number of nitrogens with zero attached hydrogens (tertiary/aromatic N) is 1. The molecule has 0 amide bonds. The van der Waals surface area contributed by atoms with E-state index in [1.165, 1.54) is 17.5 Å². The fourth-order valence-corrected chi connectivity index (χ4v) is 2.64. The van der Waals surface area contributed by atoms with Crippen molar-refractivity contribution >= 4 is 11.0 Å². The lowest BCUT2D eigenvalue weighted by molar-refractivity contribution is 0.484. The number of aryl methyl sites for hydroxylation is 1. The fourth-order valence-electron chi connectivity index (χ4n) is 2.64. The third kappa shape index (κ3) is 1.84. The zero-order valence-electron chi connectivity index (χ0n) is 10.5. The lowest BCUT2D eigenvalue weighted by atomic mass is 10.0. The van der Waals surface area contributed by atoms with Crippen LogP contribution in [0.5, 0.6) is 0 Å². The molecule has 2 aromatic rings. The molecule has 3 nitrogen and oxygen atoms in total. The van der Waals surface area contributed by atoms with Gasteiger partial charge in [0.05, 0.1) is 17.1 Å². The van der Waals surface area contributed by atoms with E-state index in [2.05, 4.69) is 42.3 Å². The van der Waals surface area contributed by atoms with Crippen molar-refractivity contribution in [3.8, 4) is 0 Å². The number of aromatic nitrogens is 2. The second kappa shape index (κ2) is 4.15. The van der Waals surface area contributed by atoms with E-state index in [4.69, 9.17) is 4.98 Å². The van der Waals surface area contributed by atoms with Crippen LogP contribution in [0.2, 0.25) is 0 Å². The zero-order chi connectivity index (χ0) is 11.8. The van der Waals surface area contributed by atoms with Crippen LogP contribution in [0.4, 0.5) is 0 Å². The van der Waals surface area contributed by atoms with Gasteiger partial charge in [-0.15, -0.1) is 0 Å². The van der Waals surface area contributed by atoms with Crippen molar-refractivity contribution in [2.45, 2.75) is 32.7 Å². The van der Waals surface area contributed by atoms with Crippen LogP contribution in [-0.2, 0) is 6.42 Å². The van der Waals surface area contributed by atoms with E-state index in [-0.39, 0.29) is 0 Å². The molecule has 90 valence electrons. The van der Waals surface area contributed by atoms with E-state index in [1.807, 2.05) is 0 Å². The summed E-state index contributed by atoms with van der Waals surface area (Å²) in [5.41, 5.74) is 3.61. The van der Waals surface area contributed by atoms with Gasteiger partial charge in [-0.3, -0.25) is 0 Å². The summed E-state index contributed by atoms with van der Waals surface area (Å²) in [6, 6.07) is 6.89. The summed E-state index contributed by atoms with van der Waals surface area (Å²) >= 11 is 0. The summed E-state index contributed by atoms with van der Waals surface area (Å²) in [6.45, 7) is 5.57. The Labute approximate surface area is 102 Å². The second-order valence-corrected chi connectivity index (χ2v) is 5.02.